The van der Waals surface area contributed by atoms with Crippen LogP contribution in [0.1, 0.15) is 5.56 Å². The van der Waals surface area contributed by atoms with Crippen molar-refractivity contribution in [3.63, 3.8) is 0 Å². The van der Waals surface area contributed by atoms with Gasteiger partial charge in [-0.3, -0.25) is 9.79 Å². The maximum Gasteiger partial charge on any atom is 0.224 e. The molecule has 1 aromatic carbocycles. The van der Waals surface area contributed by atoms with E-state index >= 15 is 0 Å². The zero-order valence-electron chi connectivity index (χ0n) is 11.2. The normalized spacial score (nSPS) is 11.0. The molecule has 5 nitrogen and oxygen atoms in total. The van der Waals surface area contributed by atoms with E-state index in [2.05, 4.69) is 20.9 Å². The largest absolute Gasteiger partial charge is 0.359 e. The average Bonchev–Trinajstić information content (AvgIpc) is 2.39. The molecule has 1 amide bonds. The second-order valence-corrected chi connectivity index (χ2v) is 3.91. The molecule has 1 aromatic rings. The number of rotatable bonds is 5. The Morgan fingerprint density at radius 3 is 2.68 bits per heavy atom. The smallest absolute Gasteiger partial charge is 0.224 e. The molecule has 0 aromatic heterocycles. The van der Waals surface area contributed by atoms with Crippen LogP contribution in [0, 0.1) is 5.82 Å². The minimum atomic E-state index is -0.329. The first-order valence-electron chi connectivity index (χ1n) is 6.05. The monoisotopic (exact) mass is 266 g/mol. The molecule has 0 saturated heterocycles. The number of nitrogens with zero attached hydrogens (tertiary/aromatic N) is 1. The molecular weight excluding hydrogens is 247 g/mol. The molecule has 0 radical (unpaired) electrons. The number of halogens is 1. The Bertz CT molecular complexity index is 448. The summed E-state index contributed by atoms with van der Waals surface area (Å²) in [5.41, 5.74) is 0.663. The number of aliphatic imine (C=N–C) groups is 1. The standard InChI is InChI=1S/C13H19FN4O/c1-15-13(16-2)18-7-6-17-12(19)9-10-4-3-5-11(14)8-10/h3-5,8H,6-7,9H2,1-2H3,(H,17,19)(H2,15,16,18). The van der Waals surface area contributed by atoms with Gasteiger partial charge in [-0.15, -0.1) is 0 Å². The summed E-state index contributed by atoms with van der Waals surface area (Å²) in [5, 5.41) is 8.63. The van der Waals surface area contributed by atoms with Gasteiger partial charge in [0.15, 0.2) is 5.96 Å². The van der Waals surface area contributed by atoms with Gasteiger partial charge in [-0.25, -0.2) is 4.39 Å². The second kappa shape index (κ2) is 8.07. The molecule has 0 aliphatic heterocycles. The molecule has 0 fully saturated rings. The lowest BCUT2D eigenvalue weighted by Crippen LogP contribution is -2.40. The van der Waals surface area contributed by atoms with Crippen LogP contribution in [0.5, 0.6) is 0 Å². The molecule has 0 aliphatic carbocycles. The molecule has 0 bridgehead atoms. The van der Waals surface area contributed by atoms with Crippen LogP contribution in [0.25, 0.3) is 0 Å². The van der Waals surface area contributed by atoms with Crippen LogP contribution in [-0.2, 0) is 11.2 Å². The fourth-order valence-corrected chi connectivity index (χ4v) is 1.56. The number of nitrogens with one attached hydrogen (secondary N) is 3. The topological polar surface area (TPSA) is 65.5 Å². The van der Waals surface area contributed by atoms with Crippen molar-refractivity contribution in [1.29, 1.82) is 0 Å². The van der Waals surface area contributed by atoms with Crippen molar-refractivity contribution in [2.24, 2.45) is 4.99 Å². The number of carbonyl (C=O) groups excluding carboxylic acids is 1. The molecule has 6 heteroatoms. The average molecular weight is 266 g/mol. The third-order valence-corrected chi connectivity index (χ3v) is 2.45. The summed E-state index contributed by atoms with van der Waals surface area (Å²) in [4.78, 5) is 15.5. The molecule has 0 aliphatic rings. The number of carbonyl (C=O) groups is 1. The third kappa shape index (κ3) is 5.85. The number of benzene rings is 1. The van der Waals surface area contributed by atoms with Gasteiger partial charge < -0.3 is 16.0 Å². The highest BCUT2D eigenvalue weighted by Crippen LogP contribution is 2.03. The van der Waals surface area contributed by atoms with E-state index in [1.165, 1.54) is 12.1 Å². The molecule has 3 N–H and O–H groups in total. The molecule has 0 heterocycles. The van der Waals surface area contributed by atoms with E-state index in [0.717, 1.165) is 0 Å². The van der Waals surface area contributed by atoms with Gasteiger partial charge in [0.2, 0.25) is 5.91 Å². The molecular formula is C13H19FN4O. The number of hydrogen-bond donors (Lipinski definition) is 3. The van der Waals surface area contributed by atoms with Crippen LogP contribution in [0.2, 0.25) is 0 Å². The minimum Gasteiger partial charge on any atom is -0.359 e. The lowest BCUT2D eigenvalue weighted by Gasteiger charge is -2.09. The Balaban J connectivity index is 2.25. The Morgan fingerprint density at radius 1 is 1.32 bits per heavy atom. The SMILES string of the molecule is CN=C(NC)NCCNC(=O)Cc1cccc(F)c1. The van der Waals surface area contributed by atoms with Crippen molar-refractivity contribution in [3.8, 4) is 0 Å². The summed E-state index contributed by atoms with van der Waals surface area (Å²) in [6.45, 7) is 1.05. The van der Waals surface area contributed by atoms with Gasteiger partial charge in [0.25, 0.3) is 0 Å². The van der Waals surface area contributed by atoms with E-state index in [4.69, 9.17) is 0 Å². The fourth-order valence-electron chi connectivity index (χ4n) is 1.56. The lowest BCUT2D eigenvalue weighted by atomic mass is 10.1. The van der Waals surface area contributed by atoms with Crippen molar-refractivity contribution < 1.29 is 9.18 Å². The number of guanidine groups is 1. The van der Waals surface area contributed by atoms with Crippen molar-refractivity contribution in [3.05, 3.63) is 35.6 Å². The predicted molar refractivity (Wildman–Crippen MR) is 73.5 cm³/mol. The highest BCUT2D eigenvalue weighted by Gasteiger charge is 2.03. The van der Waals surface area contributed by atoms with Crippen molar-refractivity contribution in [1.82, 2.24) is 16.0 Å². The Hall–Kier alpha value is -2.11. The Labute approximate surface area is 112 Å². The molecule has 19 heavy (non-hydrogen) atoms. The predicted octanol–water partition coefficient (Wildman–Crippen LogP) is 0.279. The summed E-state index contributed by atoms with van der Waals surface area (Å²) in [6, 6.07) is 6.04. The van der Waals surface area contributed by atoms with Crippen molar-refractivity contribution in [2.45, 2.75) is 6.42 Å². The minimum absolute atomic E-state index is 0.133. The Kier molecular flexibility index (Phi) is 6.35. The van der Waals surface area contributed by atoms with Gasteiger partial charge in [-0.05, 0) is 17.7 Å². The van der Waals surface area contributed by atoms with Crippen LogP contribution < -0.4 is 16.0 Å². The molecule has 0 unspecified atom stereocenters. The van der Waals surface area contributed by atoms with Gasteiger partial charge in [0.05, 0.1) is 6.42 Å². The molecule has 0 atom stereocenters. The van der Waals surface area contributed by atoms with Crippen LogP contribution in [0.4, 0.5) is 4.39 Å². The van der Waals surface area contributed by atoms with Gasteiger partial charge >= 0.3 is 0 Å². The summed E-state index contributed by atoms with van der Waals surface area (Å²) < 4.78 is 12.9. The van der Waals surface area contributed by atoms with E-state index in [-0.39, 0.29) is 18.1 Å². The zero-order chi connectivity index (χ0) is 14.1. The summed E-state index contributed by atoms with van der Waals surface area (Å²) in [5.74, 6) is 0.205. The maximum atomic E-state index is 12.9. The summed E-state index contributed by atoms with van der Waals surface area (Å²) in [7, 11) is 3.43. The highest BCUT2D eigenvalue weighted by atomic mass is 19.1. The van der Waals surface area contributed by atoms with Crippen LogP contribution in [0.15, 0.2) is 29.3 Å². The van der Waals surface area contributed by atoms with Crippen LogP contribution >= 0.6 is 0 Å². The first-order chi connectivity index (χ1) is 9.15. The van der Waals surface area contributed by atoms with E-state index in [1.807, 2.05) is 0 Å². The zero-order valence-corrected chi connectivity index (χ0v) is 11.2. The summed E-state index contributed by atoms with van der Waals surface area (Å²) in [6.07, 6.45) is 0.179. The molecule has 0 saturated carbocycles. The van der Waals surface area contributed by atoms with Gasteiger partial charge in [-0.1, -0.05) is 12.1 Å². The van der Waals surface area contributed by atoms with Crippen LogP contribution in [0.3, 0.4) is 0 Å². The molecule has 1 rings (SSSR count). The molecule has 104 valence electrons. The number of hydrogen-bond acceptors (Lipinski definition) is 2. The van der Waals surface area contributed by atoms with E-state index in [9.17, 15) is 9.18 Å². The first kappa shape index (κ1) is 14.9. The quantitative estimate of drug-likeness (QED) is 0.407. The van der Waals surface area contributed by atoms with Gasteiger partial charge in [0.1, 0.15) is 5.82 Å². The fraction of sp³-hybridized carbons (Fsp3) is 0.385. The van der Waals surface area contributed by atoms with E-state index in [0.29, 0.717) is 24.6 Å². The maximum absolute atomic E-state index is 12.9. The summed E-state index contributed by atoms with van der Waals surface area (Å²) >= 11 is 0. The third-order valence-electron chi connectivity index (χ3n) is 2.45. The Morgan fingerprint density at radius 2 is 2.05 bits per heavy atom. The van der Waals surface area contributed by atoms with Crippen molar-refractivity contribution >= 4 is 11.9 Å². The van der Waals surface area contributed by atoms with Gasteiger partial charge in [-0.2, -0.15) is 0 Å². The van der Waals surface area contributed by atoms with Crippen molar-refractivity contribution in [2.75, 3.05) is 27.2 Å². The second-order valence-electron chi connectivity index (χ2n) is 3.91. The van der Waals surface area contributed by atoms with E-state index < -0.39 is 0 Å². The van der Waals surface area contributed by atoms with Gasteiger partial charge in [0, 0.05) is 27.2 Å². The lowest BCUT2D eigenvalue weighted by molar-refractivity contribution is -0.120. The molecule has 0 spiro atoms. The van der Waals surface area contributed by atoms with Crippen LogP contribution in [-0.4, -0.2) is 39.1 Å². The van der Waals surface area contributed by atoms with E-state index in [1.54, 1.807) is 26.2 Å². The highest BCUT2D eigenvalue weighted by molar-refractivity contribution is 5.80. The first-order valence-corrected chi connectivity index (χ1v) is 6.05. The number of amides is 1.